The SMILES string of the molecule is COc1ccc(OC(C)(C)C)c(N)c1. The Morgan fingerprint density at radius 1 is 1.21 bits per heavy atom. The minimum absolute atomic E-state index is 0.233. The van der Waals surface area contributed by atoms with E-state index in [4.69, 9.17) is 15.2 Å². The van der Waals surface area contributed by atoms with Crippen LogP contribution in [0.5, 0.6) is 11.5 Å². The molecule has 3 nitrogen and oxygen atoms in total. The summed E-state index contributed by atoms with van der Waals surface area (Å²) in [6, 6.07) is 5.40. The number of hydrogen-bond donors (Lipinski definition) is 1. The average molecular weight is 195 g/mol. The van der Waals surface area contributed by atoms with E-state index in [1.165, 1.54) is 0 Å². The lowest BCUT2D eigenvalue weighted by atomic mass is 10.2. The van der Waals surface area contributed by atoms with Crippen molar-refractivity contribution in [2.24, 2.45) is 0 Å². The highest BCUT2D eigenvalue weighted by molar-refractivity contribution is 5.56. The summed E-state index contributed by atoms with van der Waals surface area (Å²) < 4.78 is 10.7. The number of nitrogens with two attached hydrogens (primary N) is 1. The first-order valence-corrected chi connectivity index (χ1v) is 4.55. The molecule has 1 aromatic carbocycles. The first-order chi connectivity index (χ1) is 6.42. The van der Waals surface area contributed by atoms with Crippen molar-refractivity contribution < 1.29 is 9.47 Å². The molecule has 0 radical (unpaired) electrons. The van der Waals surface area contributed by atoms with Crippen molar-refractivity contribution >= 4 is 5.69 Å². The Balaban J connectivity index is 2.89. The summed E-state index contributed by atoms with van der Waals surface area (Å²) in [6.07, 6.45) is 0. The third kappa shape index (κ3) is 2.83. The van der Waals surface area contributed by atoms with E-state index in [1.54, 1.807) is 13.2 Å². The van der Waals surface area contributed by atoms with Crippen molar-refractivity contribution in [3.05, 3.63) is 18.2 Å². The fraction of sp³-hybridized carbons (Fsp3) is 0.455. The average Bonchev–Trinajstić information content (AvgIpc) is 2.06. The monoisotopic (exact) mass is 195 g/mol. The van der Waals surface area contributed by atoms with E-state index in [0.717, 1.165) is 5.75 Å². The van der Waals surface area contributed by atoms with Crippen molar-refractivity contribution in [3.8, 4) is 11.5 Å². The second kappa shape index (κ2) is 3.78. The normalized spacial score (nSPS) is 11.1. The van der Waals surface area contributed by atoms with E-state index in [1.807, 2.05) is 32.9 Å². The molecule has 78 valence electrons. The third-order valence-electron chi connectivity index (χ3n) is 1.63. The largest absolute Gasteiger partial charge is 0.497 e. The van der Waals surface area contributed by atoms with Gasteiger partial charge in [-0.25, -0.2) is 0 Å². The zero-order valence-electron chi connectivity index (χ0n) is 9.13. The van der Waals surface area contributed by atoms with Crippen LogP contribution in [-0.4, -0.2) is 12.7 Å². The highest BCUT2D eigenvalue weighted by atomic mass is 16.5. The topological polar surface area (TPSA) is 44.5 Å². The van der Waals surface area contributed by atoms with Gasteiger partial charge in [-0.05, 0) is 32.9 Å². The molecule has 0 spiro atoms. The molecule has 0 saturated carbocycles. The van der Waals surface area contributed by atoms with Crippen molar-refractivity contribution in [1.82, 2.24) is 0 Å². The van der Waals surface area contributed by atoms with Crippen LogP contribution in [0.4, 0.5) is 5.69 Å². The molecule has 0 fully saturated rings. The van der Waals surface area contributed by atoms with Gasteiger partial charge in [0.2, 0.25) is 0 Å². The highest BCUT2D eigenvalue weighted by Gasteiger charge is 2.13. The molecule has 1 aromatic rings. The molecule has 14 heavy (non-hydrogen) atoms. The lowest BCUT2D eigenvalue weighted by molar-refractivity contribution is 0.132. The molecule has 1 rings (SSSR count). The van der Waals surface area contributed by atoms with Crippen LogP contribution in [0, 0.1) is 0 Å². The number of hydrogen-bond acceptors (Lipinski definition) is 3. The van der Waals surface area contributed by atoms with Gasteiger partial charge in [0, 0.05) is 6.07 Å². The van der Waals surface area contributed by atoms with Crippen LogP contribution < -0.4 is 15.2 Å². The number of ether oxygens (including phenoxy) is 2. The summed E-state index contributed by atoms with van der Waals surface area (Å²) >= 11 is 0. The molecule has 0 aromatic heterocycles. The fourth-order valence-electron chi connectivity index (χ4n) is 1.08. The second-order valence-electron chi connectivity index (χ2n) is 4.12. The maximum Gasteiger partial charge on any atom is 0.143 e. The predicted octanol–water partition coefficient (Wildman–Crippen LogP) is 2.45. The summed E-state index contributed by atoms with van der Waals surface area (Å²) in [4.78, 5) is 0. The Morgan fingerprint density at radius 3 is 2.29 bits per heavy atom. The van der Waals surface area contributed by atoms with Gasteiger partial charge < -0.3 is 15.2 Å². The highest BCUT2D eigenvalue weighted by Crippen LogP contribution is 2.28. The molecule has 0 saturated heterocycles. The predicted molar refractivity (Wildman–Crippen MR) is 57.8 cm³/mol. The number of rotatable bonds is 2. The summed E-state index contributed by atoms with van der Waals surface area (Å²) in [5, 5.41) is 0. The number of benzene rings is 1. The van der Waals surface area contributed by atoms with Crippen LogP contribution in [0.2, 0.25) is 0 Å². The summed E-state index contributed by atoms with van der Waals surface area (Å²) in [5.74, 6) is 1.43. The van der Waals surface area contributed by atoms with E-state index >= 15 is 0 Å². The van der Waals surface area contributed by atoms with Gasteiger partial charge in [0.05, 0.1) is 12.8 Å². The van der Waals surface area contributed by atoms with Crippen molar-refractivity contribution in [3.63, 3.8) is 0 Å². The third-order valence-corrected chi connectivity index (χ3v) is 1.63. The quantitative estimate of drug-likeness (QED) is 0.737. The smallest absolute Gasteiger partial charge is 0.143 e. The molecule has 3 heteroatoms. The number of anilines is 1. The van der Waals surface area contributed by atoms with Gasteiger partial charge in [0.25, 0.3) is 0 Å². The molecule has 0 aliphatic carbocycles. The molecule has 0 amide bonds. The van der Waals surface area contributed by atoms with E-state index in [-0.39, 0.29) is 5.60 Å². The van der Waals surface area contributed by atoms with Gasteiger partial charge in [-0.1, -0.05) is 0 Å². The Kier molecular flexibility index (Phi) is 2.89. The summed E-state index contributed by atoms with van der Waals surface area (Å²) in [6.45, 7) is 5.95. The first-order valence-electron chi connectivity index (χ1n) is 4.55. The standard InChI is InChI=1S/C11H17NO2/c1-11(2,3)14-10-6-5-8(13-4)7-9(10)12/h5-7H,12H2,1-4H3. The van der Waals surface area contributed by atoms with Crippen LogP contribution in [0.1, 0.15) is 20.8 Å². The Hall–Kier alpha value is -1.38. The van der Waals surface area contributed by atoms with Gasteiger partial charge in [-0.3, -0.25) is 0 Å². The lowest BCUT2D eigenvalue weighted by Gasteiger charge is -2.22. The zero-order valence-corrected chi connectivity index (χ0v) is 9.13. The van der Waals surface area contributed by atoms with Crippen LogP contribution in [-0.2, 0) is 0 Å². The Bertz CT molecular complexity index is 316. The molecular weight excluding hydrogens is 178 g/mol. The molecule has 0 heterocycles. The minimum Gasteiger partial charge on any atom is -0.497 e. The van der Waals surface area contributed by atoms with Crippen LogP contribution >= 0.6 is 0 Å². The molecule has 0 atom stereocenters. The minimum atomic E-state index is -0.233. The summed E-state index contributed by atoms with van der Waals surface area (Å²) in [5.41, 5.74) is 6.16. The Morgan fingerprint density at radius 2 is 1.86 bits per heavy atom. The maximum atomic E-state index is 5.80. The molecule has 0 bridgehead atoms. The van der Waals surface area contributed by atoms with E-state index in [2.05, 4.69) is 0 Å². The molecule has 2 N–H and O–H groups in total. The molecule has 0 unspecified atom stereocenters. The van der Waals surface area contributed by atoms with Gasteiger partial charge in [-0.2, -0.15) is 0 Å². The first kappa shape index (κ1) is 10.7. The van der Waals surface area contributed by atoms with Crippen LogP contribution in [0.25, 0.3) is 0 Å². The maximum absolute atomic E-state index is 5.80. The zero-order chi connectivity index (χ0) is 10.8. The van der Waals surface area contributed by atoms with Crippen molar-refractivity contribution in [2.45, 2.75) is 26.4 Å². The van der Waals surface area contributed by atoms with Gasteiger partial charge in [0.1, 0.15) is 17.1 Å². The van der Waals surface area contributed by atoms with Crippen molar-refractivity contribution in [1.29, 1.82) is 0 Å². The molecule has 0 aliphatic rings. The van der Waals surface area contributed by atoms with Gasteiger partial charge >= 0.3 is 0 Å². The van der Waals surface area contributed by atoms with Crippen LogP contribution in [0.15, 0.2) is 18.2 Å². The van der Waals surface area contributed by atoms with Crippen molar-refractivity contribution in [2.75, 3.05) is 12.8 Å². The molecular formula is C11H17NO2. The van der Waals surface area contributed by atoms with E-state index in [0.29, 0.717) is 11.4 Å². The fourth-order valence-corrected chi connectivity index (χ4v) is 1.08. The second-order valence-corrected chi connectivity index (χ2v) is 4.12. The van der Waals surface area contributed by atoms with Gasteiger partial charge in [0.15, 0.2) is 0 Å². The van der Waals surface area contributed by atoms with E-state index in [9.17, 15) is 0 Å². The van der Waals surface area contributed by atoms with Crippen LogP contribution in [0.3, 0.4) is 0 Å². The van der Waals surface area contributed by atoms with Gasteiger partial charge in [-0.15, -0.1) is 0 Å². The molecule has 0 aliphatic heterocycles. The van der Waals surface area contributed by atoms with E-state index < -0.39 is 0 Å². The lowest BCUT2D eigenvalue weighted by Crippen LogP contribution is -2.23. The number of methoxy groups -OCH3 is 1. The number of nitrogen functional groups attached to an aromatic ring is 1. The summed E-state index contributed by atoms with van der Waals surface area (Å²) in [7, 11) is 1.61. The Labute approximate surface area is 84.8 Å².